The smallest absolute Gasteiger partial charge is 0.189 e. The molecule has 2 rings (SSSR count). The third kappa shape index (κ3) is 3.02. The second kappa shape index (κ2) is 6.09. The number of H-pyrrole nitrogens is 1. The Balaban J connectivity index is 2.14. The zero-order chi connectivity index (χ0) is 14.7. The van der Waals surface area contributed by atoms with E-state index in [4.69, 9.17) is 0 Å². The Bertz CT molecular complexity index is 644. The quantitative estimate of drug-likeness (QED) is 0.672. The summed E-state index contributed by atoms with van der Waals surface area (Å²) in [4.78, 5) is 27.9. The van der Waals surface area contributed by atoms with Crippen molar-refractivity contribution in [3.8, 4) is 0 Å². The van der Waals surface area contributed by atoms with Crippen LogP contribution in [0.5, 0.6) is 0 Å². The number of rotatable bonds is 5. The van der Waals surface area contributed by atoms with Crippen molar-refractivity contribution < 1.29 is 9.59 Å². The van der Waals surface area contributed by atoms with Crippen molar-refractivity contribution >= 4 is 23.3 Å². The fourth-order valence-corrected chi connectivity index (χ4v) is 3.09. The molecule has 104 valence electrons. The number of hydrogen-bond acceptors (Lipinski definition) is 3. The first-order valence-corrected chi connectivity index (χ1v) is 7.40. The third-order valence-electron chi connectivity index (χ3n) is 3.18. The van der Waals surface area contributed by atoms with Gasteiger partial charge in [-0.05, 0) is 38.5 Å². The molecule has 0 saturated carbocycles. The molecule has 20 heavy (non-hydrogen) atoms. The minimum Gasteiger partial charge on any atom is -0.355 e. The monoisotopic (exact) mass is 287 g/mol. The van der Waals surface area contributed by atoms with Crippen LogP contribution in [0.15, 0.2) is 35.2 Å². The van der Waals surface area contributed by atoms with Gasteiger partial charge in [-0.3, -0.25) is 9.59 Å². The second-order valence-electron chi connectivity index (χ2n) is 4.71. The summed E-state index contributed by atoms with van der Waals surface area (Å²) >= 11 is 1.50. The molecule has 1 heterocycles. The molecule has 0 unspecified atom stereocenters. The van der Waals surface area contributed by atoms with Crippen molar-refractivity contribution in [2.45, 2.75) is 25.7 Å². The average Bonchev–Trinajstić information content (AvgIpc) is 2.72. The van der Waals surface area contributed by atoms with Crippen molar-refractivity contribution in [2.75, 3.05) is 5.75 Å². The fourth-order valence-electron chi connectivity index (χ4n) is 2.29. The Morgan fingerprint density at radius 1 is 1.15 bits per heavy atom. The van der Waals surface area contributed by atoms with Crippen LogP contribution in [-0.2, 0) is 0 Å². The molecule has 2 aromatic rings. The van der Waals surface area contributed by atoms with E-state index < -0.39 is 0 Å². The highest BCUT2D eigenvalue weighted by molar-refractivity contribution is 8.00. The molecule has 1 aromatic carbocycles. The number of hydrogen-bond donors (Lipinski definition) is 1. The van der Waals surface area contributed by atoms with Gasteiger partial charge in [-0.2, -0.15) is 0 Å². The van der Waals surface area contributed by atoms with Gasteiger partial charge in [0.2, 0.25) is 0 Å². The van der Waals surface area contributed by atoms with Crippen LogP contribution in [-0.4, -0.2) is 22.3 Å². The van der Waals surface area contributed by atoms with Gasteiger partial charge in [-0.15, -0.1) is 11.8 Å². The van der Waals surface area contributed by atoms with Crippen LogP contribution in [0.3, 0.4) is 0 Å². The van der Waals surface area contributed by atoms with Gasteiger partial charge < -0.3 is 4.98 Å². The molecular weight excluding hydrogens is 270 g/mol. The van der Waals surface area contributed by atoms with E-state index in [-0.39, 0.29) is 11.6 Å². The van der Waals surface area contributed by atoms with Crippen LogP contribution < -0.4 is 0 Å². The van der Waals surface area contributed by atoms with Crippen LogP contribution in [0, 0.1) is 13.8 Å². The summed E-state index contributed by atoms with van der Waals surface area (Å²) in [7, 11) is 0. The first-order valence-electron chi connectivity index (χ1n) is 6.42. The lowest BCUT2D eigenvalue weighted by molar-refractivity contribution is 0.101. The molecule has 1 N–H and O–H groups in total. The predicted octanol–water partition coefficient (Wildman–Crippen LogP) is 3.81. The molecular formula is C16H17NO2S. The van der Waals surface area contributed by atoms with Crippen molar-refractivity contribution in [3.05, 3.63) is 52.8 Å². The molecule has 0 aliphatic rings. The SMILES string of the molecule is CC(=O)c1c(C)[nH]c(C(=O)CSc2ccccc2)c1C. The molecule has 0 fully saturated rings. The minimum atomic E-state index is -0.00832. The number of carbonyl (C=O) groups excluding carboxylic acids is 2. The zero-order valence-corrected chi connectivity index (χ0v) is 12.6. The highest BCUT2D eigenvalue weighted by atomic mass is 32.2. The van der Waals surface area contributed by atoms with Gasteiger partial charge in [-0.1, -0.05) is 18.2 Å². The molecule has 0 spiro atoms. The minimum absolute atomic E-state index is 0.00832. The number of nitrogens with one attached hydrogen (secondary N) is 1. The van der Waals surface area contributed by atoms with Gasteiger partial charge >= 0.3 is 0 Å². The number of aromatic nitrogens is 1. The molecule has 0 radical (unpaired) electrons. The topological polar surface area (TPSA) is 49.9 Å². The fraction of sp³-hybridized carbons (Fsp3) is 0.250. The first kappa shape index (κ1) is 14.6. The summed E-state index contributed by atoms with van der Waals surface area (Å²) in [6.07, 6.45) is 0. The van der Waals surface area contributed by atoms with Gasteiger partial charge in [0, 0.05) is 16.2 Å². The van der Waals surface area contributed by atoms with Crippen molar-refractivity contribution in [3.63, 3.8) is 0 Å². The van der Waals surface area contributed by atoms with E-state index in [1.54, 1.807) is 0 Å². The Kier molecular flexibility index (Phi) is 4.45. The largest absolute Gasteiger partial charge is 0.355 e. The third-order valence-corrected chi connectivity index (χ3v) is 4.19. The summed E-state index contributed by atoms with van der Waals surface area (Å²) < 4.78 is 0. The number of aromatic amines is 1. The summed E-state index contributed by atoms with van der Waals surface area (Å²) in [5, 5.41) is 0. The molecule has 0 amide bonds. The number of Topliss-reactive ketones (excluding diaryl/α,β-unsaturated/α-hetero) is 2. The number of aryl methyl sites for hydroxylation is 1. The maximum absolute atomic E-state index is 12.3. The number of thioether (sulfide) groups is 1. The average molecular weight is 287 g/mol. The Hall–Kier alpha value is -1.81. The molecule has 1 aromatic heterocycles. The summed E-state index contributed by atoms with van der Waals surface area (Å²) in [5.74, 6) is 0.375. The molecule has 3 nitrogen and oxygen atoms in total. The predicted molar refractivity (Wildman–Crippen MR) is 81.8 cm³/mol. The van der Waals surface area contributed by atoms with E-state index >= 15 is 0 Å². The van der Waals surface area contributed by atoms with Crippen molar-refractivity contribution in [1.29, 1.82) is 0 Å². The lowest BCUT2D eigenvalue weighted by Crippen LogP contribution is -2.05. The van der Waals surface area contributed by atoms with E-state index in [0.717, 1.165) is 16.2 Å². The van der Waals surface area contributed by atoms with Crippen LogP contribution in [0.2, 0.25) is 0 Å². The molecule has 0 bridgehead atoms. The molecule has 0 atom stereocenters. The summed E-state index contributed by atoms with van der Waals surface area (Å²) in [6, 6.07) is 9.80. The summed E-state index contributed by atoms with van der Waals surface area (Å²) in [6.45, 7) is 5.17. The second-order valence-corrected chi connectivity index (χ2v) is 5.75. The number of carbonyl (C=O) groups is 2. The molecule has 0 aliphatic heterocycles. The molecule has 0 aliphatic carbocycles. The van der Waals surface area contributed by atoms with E-state index in [2.05, 4.69) is 4.98 Å². The summed E-state index contributed by atoms with van der Waals surface area (Å²) in [5.41, 5.74) is 2.71. The molecule has 4 heteroatoms. The lowest BCUT2D eigenvalue weighted by atomic mass is 10.1. The highest BCUT2D eigenvalue weighted by Gasteiger charge is 2.19. The van der Waals surface area contributed by atoms with Gasteiger partial charge in [0.15, 0.2) is 11.6 Å². The maximum atomic E-state index is 12.3. The maximum Gasteiger partial charge on any atom is 0.189 e. The van der Waals surface area contributed by atoms with Gasteiger partial charge in [0.1, 0.15) is 0 Å². The van der Waals surface area contributed by atoms with Crippen LogP contribution in [0.4, 0.5) is 0 Å². The van der Waals surface area contributed by atoms with Gasteiger partial charge in [0.25, 0.3) is 0 Å². The first-order chi connectivity index (χ1) is 9.50. The number of benzene rings is 1. The van der Waals surface area contributed by atoms with E-state index in [1.165, 1.54) is 18.7 Å². The Morgan fingerprint density at radius 2 is 1.80 bits per heavy atom. The normalized spacial score (nSPS) is 10.6. The van der Waals surface area contributed by atoms with Gasteiger partial charge in [-0.25, -0.2) is 0 Å². The van der Waals surface area contributed by atoms with Crippen molar-refractivity contribution in [2.24, 2.45) is 0 Å². The van der Waals surface area contributed by atoms with Crippen LogP contribution in [0.25, 0.3) is 0 Å². The van der Waals surface area contributed by atoms with Crippen LogP contribution in [0.1, 0.15) is 39.0 Å². The zero-order valence-electron chi connectivity index (χ0n) is 11.8. The Labute approximate surface area is 122 Å². The standard InChI is InChI=1S/C16H17NO2S/c1-10-15(12(3)18)11(2)17-16(10)14(19)9-20-13-7-5-4-6-8-13/h4-8,17H,9H2,1-3H3. The van der Waals surface area contributed by atoms with Crippen molar-refractivity contribution in [1.82, 2.24) is 4.98 Å². The van der Waals surface area contributed by atoms with Crippen LogP contribution >= 0.6 is 11.8 Å². The van der Waals surface area contributed by atoms with Gasteiger partial charge in [0.05, 0.1) is 11.4 Å². The number of ketones is 2. The van der Waals surface area contributed by atoms with E-state index in [9.17, 15) is 9.59 Å². The molecule has 0 saturated heterocycles. The Morgan fingerprint density at radius 3 is 2.35 bits per heavy atom. The van der Waals surface area contributed by atoms with E-state index in [1.807, 2.05) is 44.2 Å². The van der Waals surface area contributed by atoms with E-state index in [0.29, 0.717) is 17.0 Å². The lowest BCUT2D eigenvalue weighted by Gasteiger charge is -2.01. The highest BCUT2D eigenvalue weighted by Crippen LogP contribution is 2.22.